The van der Waals surface area contributed by atoms with E-state index in [4.69, 9.17) is 15.6 Å². The Hall–Kier alpha value is -1.17. The van der Waals surface area contributed by atoms with Crippen LogP contribution in [0.2, 0.25) is 0 Å². The third-order valence-electron chi connectivity index (χ3n) is 3.32. The second-order valence-electron chi connectivity index (χ2n) is 4.76. The fourth-order valence-corrected chi connectivity index (χ4v) is 2.13. The standard InChI is InChI=1S/C13H19FN2O2/c1-9-8-18-12(7-17)6-16(9)5-10-2-3-11(14)4-13(10)15/h2-4,9,12,17H,5-8,15H2,1H3. The van der Waals surface area contributed by atoms with Crippen molar-refractivity contribution in [1.82, 2.24) is 4.90 Å². The molecule has 0 radical (unpaired) electrons. The predicted molar refractivity (Wildman–Crippen MR) is 67.5 cm³/mol. The van der Waals surface area contributed by atoms with E-state index in [-0.39, 0.29) is 24.6 Å². The van der Waals surface area contributed by atoms with E-state index in [2.05, 4.69) is 11.8 Å². The lowest BCUT2D eigenvalue weighted by molar-refractivity contribution is -0.0805. The minimum absolute atomic E-state index is 0.0160. The third-order valence-corrected chi connectivity index (χ3v) is 3.32. The molecule has 0 bridgehead atoms. The van der Waals surface area contributed by atoms with Crippen LogP contribution >= 0.6 is 0 Å². The number of nitrogens with two attached hydrogens (primary N) is 1. The summed E-state index contributed by atoms with van der Waals surface area (Å²) in [5.41, 5.74) is 7.18. The maximum absolute atomic E-state index is 13.0. The van der Waals surface area contributed by atoms with Crippen LogP contribution in [-0.4, -0.2) is 41.9 Å². The summed E-state index contributed by atoms with van der Waals surface area (Å²) in [6.45, 7) is 3.98. The minimum atomic E-state index is -0.320. The van der Waals surface area contributed by atoms with Gasteiger partial charge in [0.2, 0.25) is 0 Å². The monoisotopic (exact) mass is 254 g/mol. The van der Waals surface area contributed by atoms with Gasteiger partial charge < -0.3 is 15.6 Å². The minimum Gasteiger partial charge on any atom is -0.398 e. The molecule has 1 aromatic carbocycles. The molecule has 0 spiro atoms. The number of ether oxygens (including phenoxy) is 1. The summed E-state index contributed by atoms with van der Waals surface area (Å²) in [6.07, 6.45) is -0.150. The third kappa shape index (κ3) is 2.98. The summed E-state index contributed by atoms with van der Waals surface area (Å²) in [5, 5.41) is 9.13. The van der Waals surface area contributed by atoms with Gasteiger partial charge in [-0.2, -0.15) is 0 Å². The number of nitrogens with zero attached hydrogens (tertiary/aromatic N) is 1. The highest BCUT2D eigenvalue weighted by atomic mass is 19.1. The van der Waals surface area contributed by atoms with E-state index < -0.39 is 0 Å². The average molecular weight is 254 g/mol. The molecule has 1 heterocycles. The van der Waals surface area contributed by atoms with Crippen molar-refractivity contribution >= 4 is 5.69 Å². The molecule has 2 rings (SSSR count). The summed E-state index contributed by atoms with van der Waals surface area (Å²) in [5.74, 6) is -0.320. The average Bonchev–Trinajstić information content (AvgIpc) is 2.35. The van der Waals surface area contributed by atoms with Crippen LogP contribution < -0.4 is 5.73 Å². The number of hydrogen-bond acceptors (Lipinski definition) is 4. The lowest BCUT2D eigenvalue weighted by Crippen LogP contribution is -2.48. The first-order chi connectivity index (χ1) is 8.60. The van der Waals surface area contributed by atoms with Crippen molar-refractivity contribution in [2.24, 2.45) is 0 Å². The maximum Gasteiger partial charge on any atom is 0.125 e. The molecule has 1 fully saturated rings. The number of aliphatic hydroxyl groups is 1. The summed E-state index contributed by atoms with van der Waals surface area (Å²) in [6, 6.07) is 4.72. The number of anilines is 1. The Labute approximate surface area is 106 Å². The molecule has 1 aliphatic rings. The molecule has 0 aromatic heterocycles. The van der Waals surface area contributed by atoms with Gasteiger partial charge in [0.05, 0.1) is 19.3 Å². The quantitative estimate of drug-likeness (QED) is 0.790. The van der Waals surface area contributed by atoms with Gasteiger partial charge in [0.25, 0.3) is 0 Å². The summed E-state index contributed by atoms with van der Waals surface area (Å²) in [7, 11) is 0. The van der Waals surface area contributed by atoms with E-state index in [9.17, 15) is 4.39 Å². The Morgan fingerprint density at radius 3 is 3.00 bits per heavy atom. The van der Waals surface area contributed by atoms with Crippen LogP contribution in [0, 0.1) is 5.82 Å². The fourth-order valence-electron chi connectivity index (χ4n) is 2.13. The number of hydrogen-bond donors (Lipinski definition) is 2. The topological polar surface area (TPSA) is 58.7 Å². The number of morpholine rings is 1. The molecule has 1 aliphatic heterocycles. The number of halogens is 1. The van der Waals surface area contributed by atoms with E-state index in [0.29, 0.717) is 25.4 Å². The molecule has 2 atom stereocenters. The molecular formula is C13H19FN2O2. The van der Waals surface area contributed by atoms with Gasteiger partial charge in [-0.25, -0.2) is 4.39 Å². The van der Waals surface area contributed by atoms with Crippen molar-refractivity contribution in [1.29, 1.82) is 0 Å². The Bertz CT molecular complexity index is 414. The lowest BCUT2D eigenvalue weighted by Gasteiger charge is -2.37. The van der Waals surface area contributed by atoms with Crippen LogP contribution in [0.1, 0.15) is 12.5 Å². The zero-order chi connectivity index (χ0) is 13.1. The normalized spacial score (nSPS) is 25.3. The van der Waals surface area contributed by atoms with Crippen LogP contribution in [0.4, 0.5) is 10.1 Å². The van der Waals surface area contributed by atoms with E-state index in [1.54, 1.807) is 6.07 Å². The summed E-state index contributed by atoms with van der Waals surface area (Å²) >= 11 is 0. The van der Waals surface area contributed by atoms with Gasteiger partial charge in [-0.3, -0.25) is 4.90 Å². The molecule has 100 valence electrons. The van der Waals surface area contributed by atoms with E-state index in [1.165, 1.54) is 12.1 Å². The van der Waals surface area contributed by atoms with Gasteiger partial charge in [0.15, 0.2) is 0 Å². The van der Waals surface area contributed by atoms with Crippen molar-refractivity contribution in [2.45, 2.75) is 25.6 Å². The number of nitrogen functional groups attached to an aromatic ring is 1. The maximum atomic E-state index is 13.0. The molecule has 1 aromatic rings. The van der Waals surface area contributed by atoms with Gasteiger partial charge in [0, 0.05) is 24.8 Å². The Balaban J connectivity index is 2.07. The first kappa shape index (κ1) is 13.3. The van der Waals surface area contributed by atoms with Gasteiger partial charge in [0.1, 0.15) is 5.82 Å². The highest BCUT2D eigenvalue weighted by molar-refractivity contribution is 5.46. The molecule has 3 N–H and O–H groups in total. The lowest BCUT2D eigenvalue weighted by atomic mass is 10.1. The van der Waals surface area contributed by atoms with Crippen LogP contribution in [0.15, 0.2) is 18.2 Å². The van der Waals surface area contributed by atoms with Gasteiger partial charge >= 0.3 is 0 Å². The number of aliphatic hydroxyl groups excluding tert-OH is 1. The van der Waals surface area contributed by atoms with E-state index in [0.717, 1.165) is 5.56 Å². The molecule has 4 nitrogen and oxygen atoms in total. The van der Waals surface area contributed by atoms with Gasteiger partial charge in [-0.1, -0.05) is 6.07 Å². The SMILES string of the molecule is CC1COC(CO)CN1Cc1ccc(F)cc1N. The first-order valence-electron chi connectivity index (χ1n) is 6.10. The van der Waals surface area contributed by atoms with Crippen LogP contribution in [0.25, 0.3) is 0 Å². The molecule has 2 unspecified atom stereocenters. The predicted octanol–water partition coefficient (Wildman–Crippen LogP) is 0.989. The summed E-state index contributed by atoms with van der Waals surface area (Å²) in [4.78, 5) is 2.19. The number of benzene rings is 1. The molecular weight excluding hydrogens is 235 g/mol. The van der Waals surface area contributed by atoms with E-state index >= 15 is 0 Å². The van der Waals surface area contributed by atoms with Gasteiger partial charge in [-0.05, 0) is 24.6 Å². The van der Waals surface area contributed by atoms with Gasteiger partial charge in [-0.15, -0.1) is 0 Å². The first-order valence-corrected chi connectivity index (χ1v) is 6.10. The molecule has 18 heavy (non-hydrogen) atoms. The van der Waals surface area contributed by atoms with Crippen LogP contribution in [-0.2, 0) is 11.3 Å². The fraction of sp³-hybridized carbons (Fsp3) is 0.538. The van der Waals surface area contributed by atoms with Crippen molar-refractivity contribution in [3.8, 4) is 0 Å². The Kier molecular flexibility index (Phi) is 4.16. The molecule has 0 saturated carbocycles. The highest BCUT2D eigenvalue weighted by Gasteiger charge is 2.25. The Morgan fingerprint density at radius 1 is 1.56 bits per heavy atom. The smallest absolute Gasteiger partial charge is 0.125 e. The van der Waals surface area contributed by atoms with Crippen LogP contribution in [0.3, 0.4) is 0 Å². The summed E-state index contributed by atoms with van der Waals surface area (Å²) < 4.78 is 18.4. The van der Waals surface area contributed by atoms with Crippen molar-refractivity contribution < 1.29 is 14.2 Å². The zero-order valence-corrected chi connectivity index (χ0v) is 10.5. The van der Waals surface area contributed by atoms with Crippen molar-refractivity contribution in [3.63, 3.8) is 0 Å². The zero-order valence-electron chi connectivity index (χ0n) is 10.5. The Morgan fingerprint density at radius 2 is 2.33 bits per heavy atom. The number of rotatable bonds is 3. The largest absolute Gasteiger partial charge is 0.398 e. The second kappa shape index (κ2) is 5.65. The molecule has 1 saturated heterocycles. The van der Waals surface area contributed by atoms with Crippen LogP contribution in [0.5, 0.6) is 0 Å². The van der Waals surface area contributed by atoms with E-state index in [1.807, 2.05) is 0 Å². The molecule has 0 aliphatic carbocycles. The molecule has 5 heteroatoms. The van der Waals surface area contributed by atoms with Crippen molar-refractivity contribution in [3.05, 3.63) is 29.6 Å². The second-order valence-corrected chi connectivity index (χ2v) is 4.76. The highest BCUT2D eigenvalue weighted by Crippen LogP contribution is 2.20. The molecule has 0 amide bonds. The van der Waals surface area contributed by atoms with Crippen molar-refractivity contribution in [2.75, 3.05) is 25.5 Å².